The standard InChI is InChI=1S/C16H25N3O4S.ClH/c1-12-14(24(21,22)19-8-4-5-9-19)10-13(23-12)15(20)18-16(11-17)6-2-3-7-16;/h10H,2-9,11,17H2,1H3,(H,18,20);1H. The Morgan fingerprint density at radius 3 is 2.44 bits per heavy atom. The predicted octanol–water partition coefficient (Wildman–Crippen LogP) is 1.80. The molecule has 9 heteroatoms. The first kappa shape index (κ1) is 20.2. The Labute approximate surface area is 154 Å². The van der Waals surface area contributed by atoms with Crippen LogP contribution in [-0.4, -0.2) is 43.8 Å². The summed E-state index contributed by atoms with van der Waals surface area (Å²) in [6.45, 7) is 2.99. The molecule has 1 saturated heterocycles. The highest BCUT2D eigenvalue weighted by Gasteiger charge is 2.36. The molecule has 0 radical (unpaired) electrons. The predicted molar refractivity (Wildman–Crippen MR) is 96.4 cm³/mol. The molecule has 0 aromatic carbocycles. The second-order valence-electron chi connectivity index (χ2n) is 6.79. The third-order valence-electron chi connectivity index (χ3n) is 5.11. The Balaban J connectivity index is 0.00000225. The highest BCUT2D eigenvalue weighted by atomic mass is 35.5. The van der Waals surface area contributed by atoms with E-state index in [1.807, 2.05) is 0 Å². The molecular weight excluding hydrogens is 366 g/mol. The minimum atomic E-state index is -3.60. The van der Waals surface area contributed by atoms with Crippen molar-refractivity contribution in [2.24, 2.45) is 5.73 Å². The summed E-state index contributed by atoms with van der Waals surface area (Å²) in [4.78, 5) is 12.6. The number of carbonyl (C=O) groups excluding carboxylic acids is 1. The Bertz CT molecular complexity index is 720. The van der Waals surface area contributed by atoms with E-state index < -0.39 is 21.5 Å². The SMILES string of the molecule is Cc1oc(C(=O)NC2(CN)CCCC2)cc1S(=O)(=O)N1CCCC1.Cl. The fourth-order valence-corrected chi connectivity index (χ4v) is 5.31. The molecule has 1 saturated carbocycles. The molecule has 2 heterocycles. The molecule has 1 amide bonds. The van der Waals surface area contributed by atoms with Crippen molar-refractivity contribution in [1.82, 2.24) is 9.62 Å². The molecule has 0 bridgehead atoms. The van der Waals surface area contributed by atoms with Gasteiger partial charge in [0.2, 0.25) is 10.0 Å². The molecule has 25 heavy (non-hydrogen) atoms. The van der Waals surface area contributed by atoms with Crippen molar-refractivity contribution in [3.8, 4) is 0 Å². The van der Waals surface area contributed by atoms with Crippen LogP contribution in [0, 0.1) is 6.92 Å². The zero-order valence-electron chi connectivity index (χ0n) is 14.4. The van der Waals surface area contributed by atoms with Crippen LogP contribution in [0.15, 0.2) is 15.4 Å². The minimum absolute atomic E-state index is 0. The van der Waals surface area contributed by atoms with E-state index >= 15 is 0 Å². The first-order valence-electron chi connectivity index (χ1n) is 8.51. The number of nitrogens with two attached hydrogens (primary N) is 1. The van der Waals surface area contributed by atoms with Crippen molar-refractivity contribution in [2.45, 2.75) is 55.9 Å². The maximum Gasteiger partial charge on any atom is 0.287 e. The Hall–Kier alpha value is -1.09. The first-order valence-corrected chi connectivity index (χ1v) is 9.95. The van der Waals surface area contributed by atoms with Crippen LogP contribution in [0.1, 0.15) is 54.8 Å². The smallest absolute Gasteiger partial charge is 0.287 e. The maximum atomic E-state index is 12.7. The van der Waals surface area contributed by atoms with Gasteiger partial charge < -0.3 is 15.5 Å². The number of carbonyl (C=O) groups is 1. The summed E-state index contributed by atoms with van der Waals surface area (Å²) in [6.07, 6.45) is 5.47. The van der Waals surface area contributed by atoms with Crippen molar-refractivity contribution in [2.75, 3.05) is 19.6 Å². The molecule has 0 spiro atoms. The van der Waals surface area contributed by atoms with Crippen LogP contribution in [0.2, 0.25) is 0 Å². The number of amides is 1. The fraction of sp³-hybridized carbons (Fsp3) is 0.688. The number of aryl methyl sites for hydroxylation is 1. The molecular formula is C16H26ClN3O4S. The topological polar surface area (TPSA) is 106 Å². The lowest BCUT2D eigenvalue weighted by Crippen LogP contribution is -2.51. The summed E-state index contributed by atoms with van der Waals surface area (Å²) in [7, 11) is -3.60. The number of halogens is 1. The fourth-order valence-electron chi connectivity index (χ4n) is 3.64. The van der Waals surface area contributed by atoms with Gasteiger partial charge in [-0.25, -0.2) is 8.42 Å². The molecule has 142 valence electrons. The van der Waals surface area contributed by atoms with Crippen molar-refractivity contribution in [3.05, 3.63) is 17.6 Å². The molecule has 1 aromatic rings. The maximum absolute atomic E-state index is 12.7. The lowest BCUT2D eigenvalue weighted by Gasteiger charge is -2.28. The van der Waals surface area contributed by atoms with Gasteiger partial charge in [-0.1, -0.05) is 12.8 Å². The molecule has 1 aliphatic heterocycles. The molecule has 3 N–H and O–H groups in total. The van der Waals surface area contributed by atoms with Crippen LogP contribution in [-0.2, 0) is 10.0 Å². The van der Waals surface area contributed by atoms with Crippen LogP contribution in [0.3, 0.4) is 0 Å². The number of rotatable bonds is 5. The van der Waals surface area contributed by atoms with E-state index in [1.54, 1.807) is 6.92 Å². The number of hydrogen-bond donors (Lipinski definition) is 2. The number of nitrogens with zero attached hydrogens (tertiary/aromatic N) is 1. The summed E-state index contributed by atoms with van der Waals surface area (Å²) in [5.41, 5.74) is 5.44. The van der Waals surface area contributed by atoms with Gasteiger partial charge in [0.15, 0.2) is 5.76 Å². The largest absolute Gasteiger partial charge is 0.455 e. The number of furan rings is 1. The molecule has 1 aliphatic carbocycles. The average Bonchev–Trinajstić information content (AvgIpc) is 3.28. The van der Waals surface area contributed by atoms with E-state index in [0.29, 0.717) is 19.6 Å². The molecule has 0 unspecified atom stereocenters. The van der Waals surface area contributed by atoms with E-state index in [0.717, 1.165) is 38.5 Å². The van der Waals surface area contributed by atoms with Gasteiger partial charge in [-0.2, -0.15) is 4.31 Å². The minimum Gasteiger partial charge on any atom is -0.455 e. The molecule has 7 nitrogen and oxygen atoms in total. The van der Waals surface area contributed by atoms with Crippen LogP contribution >= 0.6 is 12.4 Å². The monoisotopic (exact) mass is 391 g/mol. The summed E-state index contributed by atoms with van der Waals surface area (Å²) in [6, 6.07) is 1.34. The van der Waals surface area contributed by atoms with E-state index in [1.165, 1.54) is 10.4 Å². The number of sulfonamides is 1. The van der Waals surface area contributed by atoms with Crippen LogP contribution in [0.25, 0.3) is 0 Å². The molecule has 2 aliphatic rings. The highest BCUT2D eigenvalue weighted by molar-refractivity contribution is 7.89. The van der Waals surface area contributed by atoms with Crippen molar-refractivity contribution < 1.29 is 17.6 Å². The van der Waals surface area contributed by atoms with Gasteiger partial charge in [0.05, 0.1) is 5.54 Å². The second-order valence-corrected chi connectivity index (χ2v) is 8.69. The summed E-state index contributed by atoms with van der Waals surface area (Å²) >= 11 is 0. The second kappa shape index (κ2) is 7.65. The van der Waals surface area contributed by atoms with E-state index in [-0.39, 0.29) is 28.8 Å². The Kier molecular flexibility index (Phi) is 6.19. The van der Waals surface area contributed by atoms with Crippen LogP contribution < -0.4 is 11.1 Å². The summed E-state index contributed by atoms with van der Waals surface area (Å²) in [5.74, 6) is -0.112. The summed E-state index contributed by atoms with van der Waals surface area (Å²) < 4.78 is 32.3. The van der Waals surface area contributed by atoms with Crippen molar-refractivity contribution in [3.63, 3.8) is 0 Å². The van der Waals surface area contributed by atoms with Gasteiger partial charge >= 0.3 is 0 Å². The Morgan fingerprint density at radius 1 is 1.28 bits per heavy atom. The molecule has 0 atom stereocenters. The molecule has 2 fully saturated rings. The third kappa shape index (κ3) is 3.86. The van der Waals surface area contributed by atoms with E-state index in [4.69, 9.17) is 10.2 Å². The van der Waals surface area contributed by atoms with Crippen molar-refractivity contribution in [1.29, 1.82) is 0 Å². The number of hydrogen-bond acceptors (Lipinski definition) is 5. The van der Waals surface area contributed by atoms with Crippen LogP contribution in [0.4, 0.5) is 0 Å². The van der Waals surface area contributed by atoms with Gasteiger partial charge in [-0.3, -0.25) is 4.79 Å². The van der Waals surface area contributed by atoms with E-state index in [2.05, 4.69) is 5.32 Å². The Morgan fingerprint density at radius 2 is 1.88 bits per heavy atom. The average molecular weight is 392 g/mol. The quantitative estimate of drug-likeness (QED) is 0.796. The number of nitrogens with one attached hydrogen (secondary N) is 1. The zero-order chi connectivity index (χ0) is 17.4. The van der Waals surface area contributed by atoms with Crippen LogP contribution in [0.5, 0.6) is 0 Å². The van der Waals surface area contributed by atoms with Crippen molar-refractivity contribution >= 4 is 28.3 Å². The van der Waals surface area contributed by atoms with Gasteiger partial charge in [-0.05, 0) is 32.6 Å². The molecule has 1 aromatic heterocycles. The lowest BCUT2D eigenvalue weighted by atomic mass is 9.98. The first-order chi connectivity index (χ1) is 11.4. The zero-order valence-corrected chi connectivity index (χ0v) is 16.0. The normalized spacial score (nSPS) is 20.4. The van der Waals surface area contributed by atoms with Gasteiger partial charge in [0, 0.05) is 25.7 Å². The van der Waals surface area contributed by atoms with Gasteiger partial charge in [-0.15, -0.1) is 12.4 Å². The van der Waals surface area contributed by atoms with E-state index in [9.17, 15) is 13.2 Å². The summed E-state index contributed by atoms with van der Waals surface area (Å²) in [5, 5.41) is 2.95. The van der Waals surface area contributed by atoms with Gasteiger partial charge in [0.1, 0.15) is 10.7 Å². The van der Waals surface area contributed by atoms with Gasteiger partial charge in [0.25, 0.3) is 5.91 Å². The third-order valence-corrected chi connectivity index (χ3v) is 7.12. The lowest BCUT2D eigenvalue weighted by molar-refractivity contribution is 0.0873. The molecule has 3 rings (SSSR count). The highest BCUT2D eigenvalue weighted by Crippen LogP contribution is 2.30.